The van der Waals surface area contributed by atoms with Crippen LogP contribution in [0.2, 0.25) is 0 Å². The Labute approximate surface area is 233 Å². The quantitative estimate of drug-likeness (QED) is 0.0433. The van der Waals surface area contributed by atoms with E-state index >= 15 is 0 Å². The number of carboxylic acid groups (broad SMARTS) is 2. The van der Waals surface area contributed by atoms with Gasteiger partial charge in [0.2, 0.25) is 17.1 Å². The molecule has 0 amide bonds. The summed E-state index contributed by atoms with van der Waals surface area (Å²) in [4.78, 5) is 79.0. The number of carbonyl (C=O) groups is 6. The van der Waals surface area contributed by atoms with Crippen LogP contribution >= 0.6 is 0 Å². The van der Waals surface area contributed by atoms with Crippen molar-refractivity contribution in [1.82, 2.24) is 0 Å². The highest BCUT2D eigenvalue weighted by molar-refractivity contribution is 6.28. The first-order chi connectivity index (χ1) is 18.4. The Hall–Kier alpha value is -2.82. The molecule has 15 nitrogen and oxygen atoms in total. The second-order valence-corrected chi connectivity index (χ2v) is 10.4. The molecule has 0 radical (unpaired) electrons. The summed E-state index contributed by atoms with van der Waals surface area (Å²) in [5.74, 6) is -11.0. The Kier molecular flexibility index (Phi) is 14.7. The number of ether oxygens (including phenoxy) is 1. The lowest BCUT2D eigenvalue weighted by atomic mass is 9.65. The van der Waals surface area contributed by atoms with E-state index in [-0.39, 0.29) is 25.8 Å². The number of hydrogen-bond acceptors (Lipinski definition) is 13. The van der Waals surface area contributed by atoms with Crippen LogP contribution in [0, 0.1) is 11.8 Å². The van der Waals surface area contributed by atoms with Crippen LogP contribution in [0.25, 0.3) is 0 Å². The molecule has 0 aromatic rings. The average Bonchev–Trinajstić information content (AvgIpc) is 2.90. The first-order valence-corrected chi connectivity index (χ1v) is 13.2. The molecule has 0 spiro atoms. The summed E-state index contributed by atoms with van der Waals surface area (Å²) < 4.78 is 5.34. The van der Waals surface area contributed by atoms with Gasteiger partial charge in [0, 0.05) is 6.42 Å². The largest absolute Gasteiger partial charge is 0.481 e. The van der Waals surface area contributed by atoms with Gasteiger partial charge in [0.25, 0.3) is 5.60 Å². The molecule has 0 aliphatic rings. The summed E-state index contributed by atoms with van der Waals surface area (Å²) in [6.45, 7) is 6.33. The molecular weight excluding hydrogens is 528 g/mol. The molecule has 0 bridgehead atoms. The first-order valence-electron chi connectivity index (χ1n) is 13.2. The van der Waals surface area contributed by atoms with E-state index in [4.69, 9.17) is 44.2 Å². The Morgan fingerprint density at radius 1 is 0.800 bits per heavy atom. The van der Waals surface area contributed by atoms with Gasteiger partial charge in [-0.2, -0.15) is 0 Å². The summed E-state index contributed by atoms with van der Waals surface area (Å²) >= 11 is 0. The molecule has 0 fully saturated rings. The zero-order valence-electron chi connectivity index (χ0n) is 23.6. The molecule has 0 saturated heterocycles. The van der Waals surface area contributed by atoms with E-state index in [0.29, 0.717) is 6.42 Å². The standard InChI is InChI=1S/C25H46N6O9/c1-5-13(4)18(30)20(35)24(31,23(38)39)25(21(36)17(29)12(2)3,19(34)14(27)8-6-7-11-26)40-22(37)15(28)9-10-16(32)33/h12-15,17-18H,5-11,26-31H2,1-4H3,(H,32,33)(H,38,39). The molecule has 0 aliphatic heterocycles. The molecule has 0 aromatic carbocycles. The molecule has 7 unspecified atom stereocenters. The fourth-order valence-corrected chi connectivity index (χ4v) is 3.96. The van der Waals surface area contributed by atoms with Crippen molar-refractivity contribution in [3.8, 4) is 0 Å². The fraction of sp³-hybridized carbons (Fsp3) is 0.760. The van der Waals surface area contributed by atoms with E-state index in [0.717, 1.165) is 0 Å². The van der Waals surface area contributed by atoms with Gasteiger partial charge in [-0.25, -0.2) is 4.79 Å². The second-order valence-electron chi connectivity index (χ2n) is 10.4. The number of aliphatic carboxylic acids is 2. The number of carbonyl (C=O) groups excluding carboxylic acids is 4. The van der Waals surface area contributed by atoms with Crippen LogP contribution in [0.3, 0.4) is 0 Å². The lowest BCUT2D eigenvalue weighted by Crippen LogP contribution is -2.82. The van der Waals surface area contributed by atoms with Crippen molar-refractivity contribution >= 4 is 35.3 Å². The van der Waals surface area contributed by atoms with Crippen LogP contribution in [0.1, 0.15) is 66.2 Å². The Bertz CT molecular complexity index is 946. The maximum atomic E-state index is 14.1. The van der Waals surface area contributed by atoms with Crippen molar-refractivity contribution in [2.45, 2.75) is 102 Å². The van der Waals surface area contributed by atoms with Crippen LogP contribution in [0.4, 0.5) is 0 Å². The Balaban J connectivity index is 7.58. The predicted octanol–water partition coefficient (Wildman–Crippen LogP) is -2.24. The number of hydrogen-bond donors (Lipinski definition) is 8. The van der Waals surface area contributed by atoms with Gasteiger partial charge in [0.15, 0.2) is 5.78 Å². The molecule has 40 heavy (non-hydrogen) atoms. The zero-order chi connectivity index (χ0) is 31.6. The number of esters is 1. The van der Waals surface area contributed by atoms with Crippen molar-refractivity contribution < 1.29 is 43.7 Å². The van der Waals surface area contributed by atoms with Crippen molar-refractivity contribution in [2.75, 3.05) is 6.54 Å². The van der Waals surface area contributed by atoms with Gasteiger partial charge in [-0.15, -0.1) is 0 Å². The minimum absolute atomic E-state index is 0.147. The fourth-order valence-electron chi connectivity index (χ4n) is 3.96. The maximum absolute atomic E-state index is 14.1. The number of ketones is 3. The molecule has 0 saturated carbocycles. The summed E-state index contributed by atoms with van der Waals surface area (Å²) in [7, 11) is 0. The summed E-state index contributed by atoms with van der Waals surface area (Å²) in [5.41, 5.74) is 28.5. The van der Waals surface area contributed by atoms with Crippen LogP contribution in [0.5, 0.6) is 0 Å². The van der Waals surface area contributed by atoms with Gasteiger partial charge in [-0.3, -0.25) is 24.0 Å². The lowest BCUT2D eigenvalue weighted by Gasteiger charge is -2.45. The minimum atomic E-state index is -3.59. The number of carboxylic acids is 2. The summed E-state index contributed by atoms with van der Waals surface area (Å²) in [5, 5.41) is 19.3. The highest BCUT2D eigenvalue weighted by Gasteiger charge is 2.72. The van der Waals surface area contributed by atoms with Crippen LogP contribution < -0.4 is 34.4 Å². The molecule has 0 aliphatic carbocycles. The zero-order valence-corrected chi connectivity index (χ0v) is 23.6. The van der Waals surface area contributed by atoms with Gasteiger partial charge in [0.05, 0.1) is 18.1 Å². The molecule has 7 atom stereocenters. The van der Waals surface area contributed by atoms with Crippen molar-refractivity contribution in [3.05, 3.63) is 0 Å². The highest BCUT2D eigenvalue weighted by atomic mass is 16.6. The van der Waals surface area contributed by atoms with E-state index in [2.05, 4.69) is 0 Å². The molecular formula is C25H46N6O9. The number of Topliss-reactive ketones (excluding diaryl/α,β-unsaturated/α-hetero) is 3. The van der Waals surface area contributed by atoms with Crippen LogP contribution in [-0.2, 0) is 33.5 Å². The van der Waals surface area contributed by atoms with E-state index < -0.39 is 95.2 Å². The maximum Gasteiger partial charge on any atom is 0.336 e. The molecule has 0 rings (SSSR count). The first kappa shape index (κ1) is 37.2. The molecule has 14 N–H and O–H groups in total. The number of nitrogens with two attached hydrogens (primary N) is 6. The van der Waals surface area contributed by atoms with Gasteiger partial charge >= 0.3 is 17.9 Å². The second kappa shape index (κ2) is 15.8. The number of unbranched alkanes of at least 4 members (excludes halogenated alkanes) is 1. The van der Waals surface area contributed by atoms with Gasteiger partial charge in [-0.1, -0.05) is 40.5 Å². The monoisotopic (exact) mass is 574 g/mol. The smallest absolute Gasteiger partial charge is 0.336 e. The van der Waals surface area contributed by atoms with Crippen molar-refractivity contribution in [2.24, 2.45) is 46.2 Å². The highest BCUT2D eigenvalue weighted by Crippen LogP contribution is 2.35. The Morgan fingerprint density at radius 2 is 1.35 bits per heavy atom. The van der Waals surface area contributed by atoms with Crippen LogP contribution in [0.15, 0.2) is 0 Å². The van der Waals surface area contributed by atoms with E-state index in [9.17, 15) is 33.9 Å². The molecule has 0 aromatic heterocycles. The summed E-state index contributed by atoms with van der Waals surface area (Å²) in [6, 6.07) is -6.70. The van der Waals surface area contributed by atoms with Crippen molar-refractivity contribution in [3.63, 3.8) is 0 Å². The lowest BCUT2D eigenvalue weighted by molar-refractivity contribution is -0.191. The van der Waals surface area contributed by atoms with Gasteiger partial charge in [0.1, 0.15) is 6.04 Å². The van der Waals surface area contributed by atoms with E-state index in [1.54, 1.807) is 6.92 Å². The molecule has 0 heterocycles. The normalized spacial score (nSPS) is 18.4. The van der Waals surface area contributed by atoms with E-state index in [1.165, 1.54) is 20.8 Å². The third-order valence-electron chi connectivity index (χ3n) is 7.09. The topological polar surface area (TPSA) is 308 Å². The molecule has 230 valence electrons. The SMILES string of the molecule is CCC(C)C(N)C(=O)C(N)(C(=O)O)C(OC(=O)C(N)CCC(=O)O)(C(=O)C(N)CCCCN)C(=O)C(N)C(C)C. The number of rotatable bonds is 20. The van der Waals surface area contributed by atoms with Crippen molar-refractivity contribution in [1.29, 1.82) is 0 Å². The van der Waals surface area contributed by atoms with E-state index in [1.807, 2.05) is 0 Å². The third-order valence-corrected chi connectivity index (χ3v) is 7.09. The third kappa shape index (κ3) is 8.11. The Morgan fingerprint density at radius 3 is 1.77 bits per heavy atom. The average molecular weight is 575 g/mol. The molecule has 15 heteroatoms. The van der Waals surface area contributed by atoms with Crippen LogP contribution in [-0.4, -0.2) is 87.3 Å². The van der Waals surface area contributed by atoms with Gasteiger partial charge in [-0.05, 0) is 37.6 Å². The predicted molar refractivity (Wildman–Crippen MR) is 144 cm³/mol. The summed E-state index contributed by atoms with van der Waals surface area (Å²) in [6.07, 6.45) is -0.345. The van der Waals surface area contributed by atoms with Gasteiger partial charge < -0.3 is 49.4 Å². The minimum Gasteiger partial charge on any atom is -0.481 e.